The van der Waals surface area contributed by atoms with Crippen molar-refractivity contribution < 1.29 is 28.6 Å². The molecule has 1 aliphatic heterocycles. The first kappa shape index (κ1) is 21.6. The lowest BCUT2D eigenvalue weighted by Crippen LogP contribution is -2.49. The van der Waals surface area contributed by atoms with Gasteiger partial charge in [0, 0.05) is 31.3 Å². The molecule has 0 aliphatic carbocycles. The van der Waals surface area contributed by atoms with Crippen molar-refractivity contribution in [2.45, 2.75) is 25.8 Å². The van der Waals surface area contributed by atoms with Crippen LogP contribution in [0.25, 0.3) is 0 Å². The molecule has 1 saturated heterocycles. The molecule has 0 radical (unpaired) electrons. The number of hydrogen-bond acceptors (Lipinski definition) is 6. The van der Waals surface area contributed by atoms with E-state index in [-0.39, 0.29) is 17.8 Å². The van der Waals surface area contributed by atoms with Crippen molar-refractivity contribution in [1.29, 1.82) is 0 Å². The Kier molecular flexibility index (Phi) is 7.74. The summed E-state index contributed by atoms with van der Waals surface area (Å²) in [4.78, 5) is 37.8. The van der Waals surface area contributed by atoms with Crippen LogP contribution >= 0.6 is 11.6 Å². The van der Waals surface area contributed by atoms with Gasteiger partial charge >= 0.3 is 17.9 Å². The van der Waals surface area contributed by atoms with Gasteiger partial charge in [-0.2, -0.15) is 0 Å². The van der Waals surface area contributed by atoms with Crippen molar-refractivity contribution in [1.82, 2.24) is 10.2 Å². The standard InChI is InChI=1S/C18H24ClN3O6/c1-4-28-18(25)22-7-5-11(6-8-22)20-16(23)17(24)21-13-10-14(26-2)12(19)9-15(13)27-3/h9-11H,4-8H2,1-3H3,(H,20,23)(H,21,24). The van der Waals surface area contributed by atoms with Gasteiger partial charge in [-0.15, -0.1) is 0 Å². The Balaban J connectivity index is 1.92. The Labute approximate surface area is 168 Å². The van der Waals surface area contributed by atoms with E-state index in [4.69, 9.17) is 25.8 Å². The SMILES string of the molecule is CCOC(=O)N1CCC(NC(=O)C(=O)Nc2cc(OC)c(Cl)cc2OC)CC1. The van der Waals surface area contributed by atoms with Crippen molar-refractivity contribution in [2.24, 2.45) is 0 Å². The van der Waals surface area contributed by atoms with Crippen LogP contribution in [-0.4, -0.2) is 62.8 Å². The fraction of sp³-hybridized carbons (Fsp3) is 0.500. The molecule has 2 rings (SSSR count). The molecule has 10 heteroatoms. The highest BCUT2D eigenvalue weighted by Gasteiger charge is 2.26. The number of nitrogens with one attached hydrogen (secondary N) is 2. The predicted molar refractivity (Wildman–Crippen MR) is 103 cm³/mol. The smallest absolute Gasteiger partial charge is 0.409 e. The van der Waals surface area contributed by atoms with Gasteiger partial charge in [0.05, 0.1) is 31.5 Å². The van der Waals surface area contributed by atoms with Crippen molar-refractivity contribution >= 4 is 35.2 Å². The van der Waals surface area contributed by atoms with E-state index in [1.807, 2.05) is 0 Å². The molecule has 0 saturated carbocycles. The van der Waals surface area contributed by atoms with Gasteiger partial charge in [-0.25, -0.2) is 4.79 Å². The molecule has 9 nitrogen and oxygen atoms in total. The Morgan fingerprint density at radius 2 is 1.75 bits per heavy atom. The van der Waals surface area contributed by atoms with Crippen LogP contribution in [0.15, 0.2) is 12.1 Å². The number of halogens is 1. The second-order valence-corrected chi connectivity index (χ2v) is 6.48. The van der Waals surface area contributed by atoms with E-state index in [0.717, 1.165) is 0 Å². The molecule has 0 unspecified atom stereocenters. The van der Waals surface area contributed by atoms with Crippen LogP contribution in [0, 0.1) is 0 Å². The largest absolute Gasteiger partial charge is 0.495 e. The van der Waals surface area contributed by atoms with E-state index in [9.17, 15) is 14.4 Å². The molecular formula is C18H24ClN3O6. The van der Waals surface area contributed by atoms with Crippen molar-refractivity contribution in [3.8, 4) is 11.5 Å². The number of carbonyl (C=O) groups is 3. The van der Waals surface area contributed by atoms with Gasteiger partial charge in [0.25, 0.3) is 0 Å². The Morgan fingerprint density at radius 1 is 1.11 bits per heavy atom. The van der Waals surface area contributed by atoms with Crippen molar-refractivity contribution in [3.63, 3.8) is 0 Å². The van der Waals surface area contributed by atoms with E-state index in [1.165, 1.54) is 26.4 Å². The minimum absolute atomic E-state index is 0.203. The van der Waals surface area contributed by atoms with Gasteiger partial charge in [0.15, 0.2) is 0 Å². The zero-order valence-electron chi connectivity index (χ0n) is 16.0. The first-order chi connectivity index (χ1) is 13.4. The van der Waals surface area contributed by atoms with E-state index in [1.54, 1.807) is 11.8 Å². The van der Waals surface area contributed by atoms with Gasteiger partial charge in [-0.1, -0.05) is 11.6 Å². The fourth-order valence-electron chi connectivity index (χ4n) is 2.81. The van der Waals surface area contributed by atoms with E-state index in [2.05, 4.69) is 10.6 Å². The van der Waals surface area contributed by atoms with Gasteiger partial charge in [0.1, 0.15) is 11.5 Å². The second-order valence-electron chi connectivity index (χ2n) is 6.07. The van der Waals surface area contributed by atoms with Crippen LogP contribution in [-0.2, 0) is 14.3 Å². The lowest BCUT2D eigenvalue weighted by molar-refractivity contribution is -0.136. The Bertz CT molecular complexity index is 734. The monoisotopic (exact) mass is 413 g/mol. The summed E-state index contributed by atoms with van der Waals surface area (Å²) in [7, 11) is 2.86. The van der Waals surface area contributed by atoms with Gasteiger partial charge in [-0.05, 0) is 19.8 Å². The summed E-state index contributed by atoms with van der Waals surface area (Å²) >= 11 is 6.03. The maximum atomic E-state index is 12.3. The molecule has 0 bridgehead atoms. The highest BCUT2D eigenvalue weighted by atomic mass is 35.5. The number of rotatable bonds is 5. The predicted octanol–water partition coefficient (Wildman–Crippen LogP) is 2.03. The highest BCUT2D eigenvalue weighted by molar-refractivity contribution is 6.40. The number of anilines is 1. The van der Waals surface area contributed by atoms with E-state index >= 15 is 0 Å². The molecule has 154 valence electrons. The molecule has 1 fully saturated rings. The third-order valence-corrected chi connectivity index (χ3v) is 4.58. The Hall–Kier alpha value is -2.68. The van der Waals surface area contributed by atoms with Gasteiger partial charge < -0.3 is 29.7 Å². The van der Waals surface area contributed by atoms with Crippen LogP contribution in [0.2, 0.25) is 5.02 Å². The third kappa shape index (κ3) is 5.41. The number of amides is 3. The zero-order chi connectivity index (χ0) is 20.7. The van der Waals surface area contributed by atoms with Crippen LogP contribution in [0.3, 0.4) is 0 Å². The van der Waals surface area contributed by atoms with Gasteiger partial charge in [0.2, 0.25) is 0 Å². The summed E-state index contributed by atoms with van der Waals surface area (Å²) in [6.07, 6.45) is 0.708. The number of likely N-dealkylation sites (tertiary alicyclic amines) is 1. The number of methoxy groups -OCH3 is 2. The molecule has 0 atom stereocenters. The first-order valence-corrected chi connectivity index (χ1v) is 9.22. The molecule has 1 aromatic rings. The molecule has 1 aromatic carbocycles. The number of nitrogens with zero attached hydrogens (tertiary/aromatic N) is 1. The summed E-state index contributed by atoms with van der Waals surface area (Å²) in [6, 6.07) is 2.76. The molecule has 28 heavy (non-hydrogen) atoms. The minimum atomic E-state index is -0.838. The lowest BCUT2D eigenvalue weighted by Gasteiger charge is -2.31. The quantitative estimate of drug-likeness (QED) is 0.715. The third-order valence-electron chi connectivity index (χ3n) is 4.28. The number of piperidine rings is 1. The zero-order valence-corrected chi connectivity index (χ0v) is 16.8. The average Bonchev–Trinajstić information content (AvgIpc) is 2.69. The maximum absolute atomic E-state index is 12.3. The molecular weight excluding hydrogens is 390 g/mol. The average molecular weight is 414 g/mol. The minimum Gasteiger partial charge on any atom is -0.495 e. The fourth-order valence-corrected chi connectivity index (χ4v) is 3.04. The van der Waals surface area contributed by atoms with E-state index in [0.29, 0.717) is 49.1 Å². The topological polar surface area (TPSA) is 106 Å². The molecule has 1 aliphatic rings. The van der Waals surface area contributed by atoms with Crippen LogP contribution in [0.5, 0.6) is 11.5 Å². The van der Waals surface area contributed by atoms with Crippen LogP contribution in [0.4, 0.5) is 10.5 Å². The van der Waals surface area contributed by atoms with Crippen LogP contribution in [0.1, 0.15) is 19.8 Å². The summed E-state index contributed by atoms with van der Waals surface area (Å²) in [5, 5.41) is 5.49. The number of carbonyl (C=O) groups excluding carboxylic acids is 3. The number of hydrogen-bond donors (Lipinski definition) is 2. The summed E-state index contributed by atoms with van der Waals surface area (Å²) in [5.74, 6) is -0.972. The van der Waals surface area contributed by atoms with Crippen molar-refractivity contribution in [2.75, 3.05) is 39.2 Å². The molecule has 0 aromatic heterocycles. The summed E-state index contributed by atoms with van der Waals surface area (Å²) in [5.41, 5.74) is 0.265. The van der Waals surface area contributed by atoms with Gasteiger partial charge in [-0.3, -0.25) is 9.59 Å². The summed E-state index contributed by atoms with van der Waals surface area (Å²) in [6.45, 7) is 2.96. The summed E-state index contributed by atoms with van der Waals surface area (Å²) < 4.78 is 15.2. The highest BCUT2D eigenvalue weighted by Crippen LogP contribution is 2.35. The number of ether oxygens (including phenoxy) is 3. The first-order valence-electron chi connectivity index (χ1n) is 8.84. The second kappa shape index (κ2) is 10.0. The lowest BCUT2D eigenvalue weighted by atomic mass is 10.1. The Morgan fingerprint density at radius 3 is 2.32 bits per heavy atom. The molecule has 0 spiro atoms. The normalized spacial score (nSPS) is 14.2. The van der Waals surface area contributed by atoms with E-state index < -0.39 is 11.8 Å². The molecule has 1 heterocycles. The maximum Gasteiger partial charge on any atom is 0.409 e. The van der Waals surface area contributed by atoms with Crippen LogP contribution < -0.4 is 20.1 Å². The molecule has 2 N–H and O–H groups in total. The number of benzene rings is 1. The van der Waals surface area contributed by atoms with Crippen molar-refractivity contribution in [3.05, 3.63) is 17.2 Å². The molecule has 3 amide bonds.